The summed E-state index contributed by atoms with van der Waals surface area (Å²) in [4.78, 5) is 2.03. The predicted molar refractivity (Wildman–Crippen MR) is 41.4 cm³/mol. The normalized spacial score (nSPS) is 13.3. The number of sulfonamides is 1. The third-order valence-corrected chi connectivity index (χ3v) is 1.34. The zero-order chi connectivity index (χ0) is 8.20. The van der Waals surface area contributed by atoms with Gasteiger partial charge in [0, 0.05) is 5.71 Å². The van der Waals surface area contributed by atoms with Gasteiger partial charge in [-0.3, -0.25) is 0 Å². The molecular formula is C5H12N2O2S. The van der Waals surface area contributed by atoms with Crippen molar-refractivity contribution in [1.82, 2.24) is 4.83 Å². The van der Waals surface area contributed by atoms with Gasteiger partial charge in [0.2, 0.25) is 10.0 Å². The first-order valence-corrected chi connectivity index (χ1v) is 4.84. The smallest absolute Gasteiger partial charge is 0.206 e. The first kappa shape index (κ1) is 9.42. The van der Waals surface area contributed by atoms with Crippen LogP contribution in [0.5, 0.6) is 0 Å². The Balaban J connectivity index is 3.98. The van der Waals surface area contributed by atoms with Gasteiger partial charge in [-0.25, -0.2) is 13.2 Å². The van der Waals surface area contributed by atoms with Gasteiger partial charge >= 0.3 is 0 Å². The molecule has 0 radical (unpaired) electrons. The Morgan fingerprint density at radius 2 is 2.10 bits per heavy atom. The van der Waals surface area contributed by atoms with E-state index in [-0.39, 0.29) is 0 Å². The standard InChI is InChI=1S/C5H12N2O2S/c1-4-5(2)6-7-10(3,8)9/h7H,4H2,1-3H3/b6-5+. The predicted octanol–water partition coefficient (Wildman–Crippen LogP) is 0.322. The van der Waals surface area contributed by atoms with Crippen LogP contribution in [0.3, 0.4) is 0 Å². The lowest BCUT2D eigenvalue weighted by molar-refractivity contribution is 0.590. The fourth-order valence-corrected chi connectivity index (χ4v) is 0.562. The van der Waals surface area contributed by atoms with Gasteiger partial charge in [-0.1, -0.05) is 6.92 Å². The minimum Gasteiger partial charge on any atom is -0.206 e. The fraction of sp³-hybridized carbons (Fsp3) is 0.800. The summed E-state index contributed by atoms with van der Waals surface area (Å²) in [5.41, 5.74) is 0.769. The highest BCUT2D eigenvalue weighted by Crippen LogP contribution is 1.82. The summed E-state index contributed by atoms with van der Waals surface area (Å²) in [6.07, 6.45) is 1.82. The van der Waals surface area contributed by atoms with Crippen molar-refractivity contribution in [3.05, 3.63) is 0 Å². The molecule has 0 saturated carbocycles. The van der Waals surface area contributed by atoms with Crippen LogP contribution < -0.4 is 4.83 Å². The molecule has 0 spiro atoms. The zero-order valence-electron chi connectivity index (χ0n) is 6.38. The monoisotopic (exact) mass is 164 g/mol. The number of nitrogens with one attached hydrogen (secondary N) is 1. The largest absolute Gasteiger partial charge is 0.244 e. The Morgan fingerprint density at radius 3 is 2.40 bits per heavy atom. The quantitative estimate of drug-likeness (QED) is 0.482. The first-order valence-electron chi connectivity index (χ1n) is 2.95. The molecule has 0 heterocycles. The van der Waals surface area contributed by atoms with E-state index in [4.69, 9.17) is 0 Å². The summed E-state index contributed by atoms with van der Waals surface area (Å²) in [7, 11) is -3.17. The topological polar surface area (TPSA) is 58.5 Å². The Bertz CT molecular complexity index is 218. The molecule has 0 aromatic rings. The molecule has 10 heavy (non-hydrogen) atoms. The van der Waals surface area contributed by atoms with Gasteiger partial charge in [0.25, 0.3) is 0 Å². The van der Waals surface area contributed by atoms with Crippen molar-refractivity contribution < 1.29 is 8.42 Å². The van der Waals surface area contributed by atoms with Crippen molar-refractivity contribution in [1.29, 1.82) is 0 Å². The van der Waals surface area contributed by atoms with E-state index in [1.54, 1.807) is 6.92 Å². The second-order valence-electron chi connectivity index (χ2n) is 2.06. The van der Waals surface area contributed by atoms with Gasteiger partial charge in [-0.05, 0) is 13.3 Å². The summed E-state index contributed by atoms with van der Waals surface area (Å²) in [6.45, 7) is 3.67. The lowest BCUT2D eigenvalue weighted by Gasteiger charge is -1.96. The number of rotatable bonds is 3. The van der Waals surface area contributed by atoms with Gasteiger partial charge < -0.3 is 0 Å². The molecule has 0 atom stereocenters. The van der Waals surface area contributed by atoms with Gasteiger partial charge in [-0.15, -0.1) is 0 Å². The maximum Gasteiger partial charge on any atom is 0.244 e. The lowest BCUT2D eigenvalue weighted by atomic mass is 10.3. The first-order chi connectivity index (χ1) is 4.45. The van der Waals surface area contributed by atoms with Crippen LogP contribution in [0.25, 0.3) is 0 Å². The molecule has 0 bridgehead atoms. The second-order valence-corrected chi connectivity index (χ2v) is 3.79. The maximum atomic E-state index is 10.4. The van der Waals surface area contributed by atoms with Crippen molar-refractivity contribution in [2.75, 3.05) is 6.26 Å². The molecule has 0 aliphatic heterocycles. The van der Waals surface area contributed by atoms with Crippen LogP contribution in [0.4, 0.5) is 0 Å². The Kier molecular flexibility index (Phi) is 3.35. The number of nitrogens with zero attached hydrogens (tertiary/aromatic N) is 1. The molecule has 0 rings (SSSR count). The summed E-state index contributed by atoms with van der Waals surface area (Å²) in [5.74, 6) is 0. The van der Waals surface area contributed by atoms with E-state index in [0.29, 0.717) is 0 Å². The van der Waals surface area contributed by atoms with Crippen LogP contribution in [0, 0.1) is 0 Å². The number of hydrogen-bond donors (Lipinski definition) is 1. The third kappa shape index (κ3) is 5.55. The molecule has 0 saturated heterocycles. The third-order valence-electron chi connectivity index (χ3n) is 0.914. The molecule has 0 unspecified atom stereocenters. The van der Waals surface area contributed by atoms with Crippen LogP contribution >= 0.6 is 0 Å². The SMILES string of the molecule is CC/C(C)=N/NS(C)(=O)=O. The van der Waals surface area contributed by atoms with E-state index in [9.17, 15) is 8.42 Å². The van der Waals surface area contributed by atoms with Crippen LogP contribution in [-0.4, -0.2) is 20.4 Å². The van der Waals surface area contributed by atoms with Crippen LogP contribution in [0.2, 0.25) is 0 Å². The molecule has 1 N–H and O–H groups in total. The van der Waals surface area contributed by atoms with E-state index in [2.05, 4.69) is 5.10 Å². The highest BCUT2D eigenvalue weighted by atomic mass is 32.2. The Hall–Kier alpha value is -0.580. The van der Waals surface area contributed by atoms with E-state index in [1.807, 2.05) is 11.8 Å². The molecule has 0 fully saturated rings. The second kappa shape index (κ2) is 3.55. The van der Waals surface area contributed by atoms with Crippen molar-refractivity contribution in [2.45, 2.75) is 20.3 Å². The van der Waals surface area contributed by atoms with Crippen LogP contribution in [0.15, 0.2) is 5.10 Å². The molecule has 4 nitrogen and oxygen atoms in total. The zero-order valence-corrected chi connectivity index (χ0v) is 7.20. The van der Waals surface area contributed by atoms with Crippen molar-refractivity contribution in [3.8, 4) is 0 Å². The summed E-state index contributed by atoms with van der Waals surface area (Å²) >= 11 is 0. The molecular weight excluding hydrogens is 152 g/mol. The van der Waals surface area contributed by atoms with Crippen LogP contribution in [0.1, 0.15) is 20.3 Å². The van der Waals surface area contributed by atoms with E-state index in [1.165, 1.54) is 0 Å². The van der Waals surface area contributed by atoms with Crippen LogP contribution in [-0.2, 0) is 10.0 Å². The highest BCUT2D eigenvalue weighted by Gasteiger charge is 1.94. The average molecular weight is 164 g/mol. The maximum absolute atomic E-state index is 10.4. The molecule has 0 aliphatic rings. The minimum absolute atomic E-state index is 0.752. The Labute approximate surface area is 61.4 Å². The molecule has 0 aromatic carbocycles. The van der Waals surface area contributed by atoms with Crippen molar-refractivity contribution in [3.63, 3.8) is 0 Å². The minimum atomic E-state index is -3.17. The van der Waals surface area contributed by atoms with E-state index >= 15 is 0 Å². The van der Waals surface area contributed by atoms with E-state index < -0.39 is 10.0 Å². The summed E-state index contributed by atoms with van der Waals surface area (Å²) < 4.78 is 20.9. The molecule has 0 amide bonds. The molecule has 0 aliphatic carbocycles. The highest BCUT2D eigenvalue weighted by molar-refractivity contribution is 7.88. The van der Waals surface area contributed by atoms with Gasteiger partial charge in [0.1, 0.15) is 0 Å². The summed E-state index contributed by atoms with van der Waals surface area (Å²) in [6, 6.07) is 0. The number of hydrogen-bond acceptors (Lipinski definition) is 3. The number of hydrazone groups is 1. The Morgan fingerprint density at radius 1 is 1.60 bits per heavy atom. The van der Waals surface area contributed by atoms with Crippen molar-refractivity contribution in [2.24, 2.45) is 5.10 Å². The lowest BCUT2D eigenvalue weighted by Crippen LogP contribution is -2.16. The summed E-state index contributed by atoms with van der Waals surface area (Å²) in [5, 5.41) is 3.59. The van der Waals surface area contributed by atoms with Crippen molar-refractivity contribution >= 4 is 15.7 Å². The average Bonchev–Trinajstić information content (AvgIpc) is 1.81. The molecule has 0 aromatic heterocycles. The fourth-order valence-electron chi connectivity index (χ4n) is 0.240. The molecule has 60 valence electrons. The molecule has 5 heteroatoms. The van der Waals surface area contributed by atoms with Gasteiger partial charge in [0.15, 0.2) is 0 Å². The van der Waals surface area contributed by atoms with Gasteiger partial charge in [-0.2, -0.15) is 5.10 Å². The van der Waals surface area contributed by atoms with Gasteiger partial charge in [0.05, 0.1) is 6.26 Å². The van der Waals surface area contributed by atoms with E-state index in [0.717, 1.165) is 18.4 Å².